The van der Waals surface area contributed by atoms with Crippen molar-refractivity contribution >= 4 is 0 Å². The Bertz CT molecular complexity index is 384. The maximum atomic E-state index is 5.73. The minimum absolute atomic E-state index is 0.138. The fraction of sp³-hybridized carbons (Fsp3) is 0.308. The van der Waals surface area contributed by atoms with Crippen molar-refractivity contribution in [1.29, 1.82) is 0 Å². The van der Waals surface area contributed by atoms with Crippen LogP contribution in [0.15, 0.2) is 48.5 Å². The van der Waals surface area contributed by atoms with E-state index < -0.39 is 0 Å². The molecule has 0 aromatic carbocycles. The molecule has 0 saturated heterocycles. The summed E-state index contributed by atoms with van der Waals surface area (Å²) < 4.78 is 10.8. The molecule has 1 aromatic heterocycles. The highest BCUT2D eigenvalue weighted by Gasteiger charge is 2.09. The van der Waals surface area contributed by atoms with E-state index in [1.807, 2.05) is 36.6 Å². The van der Waals surface area contributed by atoms with E-state index in [1.54, 1.807) is 13.3 Å². The van der Waals surface area contributed by atoms with Crippen molar-refractivity contribution in [3.63, 3.8) is 0 Å². The minimum atomic E-state index is 0.138. The molecule has 0 radical (unpaired) electrons. The van der Waals surface area contributed by atoms with Gasteiger partial charge in [0, 0.05) is 12.4 Å². The Labute approximate surface area is 95.4 Å². The van der Waals surface area contributed by atoms with Crippen LogP contribution in [0.3, 0.4) is 0 Å². The molecule has 0 bridgehead atoms. The van der Waals surface area contributed by atoms with Gasteiger partial charge in [0.25, 0.3) is 0 Å². The predicted molar refractivity (Wildman–Crippen MR) is 61.7 cm³/mol. The Balaban J connectivity index is 1.81. The maximum absolute atomic E-state index is 5.73. The number of pyridine rings is 1. The fourth-order valence-electron chi connectivity index (χ4n) is 1.54. The summed E-state index contributed by atoms with van der Waals surface area (Å²) in [5.41, 5.74) is 1.09. The monoisotopic (exact) mass is 217 g/mol. The maximum Gasteiger partial charge on any atom is 0.114 e. The van der Waals surface area contributed by atoms with Crippen molar-refractivity contribution in [2.75, 3.05) is 7.11 Å². The molecule has 0 saturated carbocycles. The second-order valence-electron chi connectivity index (χ2n) is 3.62. The van der Waals surface area contributed by atoms with Crippen molar-refractivity contribution in [2.24, 2.45) is 0 Å². The number of aromatic nitrogens is 1. The number of ether oxygens (including phenoxy) is 2. The Morgan fingerprint density at radius 2 is 2.44 bits per heavy atom. The first kappa shape index (κ1) is 10.9. The summed E-state index contributed by atoms with van der Waals surface area (Å²) in [6.45, 7) is 0.596. The summed E-state index contributed by atoms with van der Waals surface area (Å²) in [7, 11) is 1.67. The van der Waals surface area contributed by atoms with Crippen LogP contribution in [-0.2, 0) is 16.1 Å². The van der Waals surface area contributed by atoms with Gasteiger partial charge in [-0.15, -0.1) is 0 Å². The van der Waals surface area contributed by atoms with Crippen molar-refractivity contribution in [3.8, 4) is 0 Å². The fourth-order valence-corrected chi connectivity index (χ4v) is 1.54. The van der Waals surface area contributed by atoms with Crippen LogP contribution in [0.1, 0.15) is 12.0 Å². The number of nitrogens with zero attached hydrogens (tertiary/aromatic N) is 1. The molecule has 1 aromatic rings. The summed E-state index contributed by atoms with van der Waals surface area (Å²) in [6, 6.07) is 3.92. The van der Waals surface area contributed by atoms with E-state index in [1.165, 1.54) is 0 Å². The summed E-state index contributed by atoms with van der Waals surface area (Å²) in [6.07, 6.45) is 10.6. The van der Waals surface area contributed by atoms with Crippen LogP contribution >= 0.6 is 0 Å². The van der Waals surface area contributed by atoms with Gasteiger partial charge in [0.15, 0.2) is 0 Å². The van der Waals surface area contributed by atoms with Crippen LogP contribution in [-0.4, -0.2) is 18.2 Å². The lowest BCUT2D eigenvalue weighted by Crippen LogP contribution is -2.11. The first-order valence-corrected chi connectivity index (χ1v) is 5.31. The third-order valence-corrected chi connectivity index (χ3v) is 2.45. The number of hydrogen-bond acceptors (Lipinski definition) is 3. The zero-order chi connectivity index (χ0) is 11.2. The molecule has 1 aliphatic carbocycles. The van der Waals surface area contributed by atoms with Gasteiger partial charge in [-0.1, -0.05) is 12.1 Å². The SMILES string of the molecule is COC1=CCC(OCc2cccnc2)C=C1. The minimum Gasteiger partial charge on any atom is -0.497 e. The highest BCUT2D eigenvalue weighted by atomic mass is 16.5. The molecule has 1 atom stereocenters. The Hall–Kier alpha value is -1.61. The molecule has 0 aliphatic heterocycles. The second kappa shape index (κ2) is 5.47. The van der Waals surface area contributed by atoms with Crippen LogP contribution in [0.25, 0.3) is 0 Å². The van der Waals surface area contributed by atoms with Gasteiger partial charge in [0.05, 0.1) is 19.8 Å². The van der Waals surface area contributed by atoms with Crippen molar-refractivity contribution < 1.29 is 9.47 Å². The van der Waals surface area contributed by atoms with Crippen LogP contribution in [0, 0.1) is 0 Å². The van der Waals surface area contributed by atoms with Crippen molar-refractivity contribution in [3.05, 3.63) is 54.1 Å². The molecule has 0 N–H and O–H groups in total. The molecular weight excluding hydrogens is 202 g/mol. The van der Waals surface area contributed by atoms with E-state index in [-0.39, 0.29) is 6.10 Å². The topological polar surface area (TPSA) is 31.4 Å². The molecule has 84 valence electrons. The molecule has 3 heteroatoms. The quantitative estimate of drug-likeness (QED) is 0.776. The number of methoxy groups -OCH3 is 1. The van der Waals surface area contributed by atoms with Gasteiger partial charge in [-0.2, -0.15) is 0 Å². The zero-order valence-corrected chi connectivity index (χ0v) is 9.30. The molecule has 0 fully saturated rings. The smallest absolute Gasteiger partial charge is 0.114 e. The van der Waals surface area contributed by atoms with Gasteiger partial charge in [-0.25, -0.2) is 0 Å². The average molecular weight is 217 g/mol. The van der Waals surface area contributed by atoms with E-state index >= 15 is 0 Å². The lowest BCUT2D eigenvalue weighted by Gasteiger charge is -2.16. The van der Waals surface area contributed by atoms with Crippen LogP contribution in [0.2, 0.25) is 0 Å². The van der Waals surface area contributed by atoms with E-state index in [2.05, 4.69) is 4.98 Å². The highest BCUT2D eigenvalue weighted by molar-refractivity contribution is 5.19. The predicted octanol–water partition coefficient (Wildman–Crippen LogP) is 2.46. The lowest BCUT2D eigenvalue weighted by atomic mass is 10.1. The Morgan fingerprint density at radius 1 is 1.50 bits per heavy atom. The highest BCUT2D eigenvalue weighted by Crippen LogP contribution is 2.15. The van der Waals surface area contributed by atoms with E-state index in [4.69, 9.17) is 9.47 Å². The van der Waals surface area contributed by atoms with Gasteiger partial charge in [0.1, 0.15) is 5.76 Å². The van der Waals surface area contributed by atoms with Gasteiger partial charge in [0.2, 0.25) is 0 Å². The van der Waals surface area contributed by atoms with Crippen molar-refractivity contribution in [1.82, 2.24) is 4.98 Å². The summed E-state index contributed by atoms with van der Waals surface area (Å²) >= 11 is 0. The molecular formula is C13H15NO2. The molecule has 1 heterocycles. The zero-order valence-electron chi connectivity index (χ0n) is 9.30. The first-order chi connectivity index (χ1) is 7.88. The summed E-state index contributed by atoms with van der Waals surface area (Å²) in [4.78, 5) is 4.04. The third kappa shape index (κ3) is 2.94. The standard InChI is InChI=1S/C13H15NO2/c1-15-12-4-6-13(7-5-12)16-10-11-3-2-8-14-9-11/h2-6,8-9,13H,7,10H2,1H3. The third-order valence-electron chi connectivity index (χ3n) is 2.45. The Kier molecular flexibility index (Phi) is 3.72. The van der Waals surface area contributed by atoms with Crippen LogP contribution in [0.5, 0.6) is 0 Å². The molecule has 3 nitrogen and oxygen atoms in total. The summed E-state index contributed by atoms with van der Waals surface area (Å²) in [5, 5.41) is 0. The van der Waals surface area contributed by atoms with Gasteiger partial charge in [-0.3, -0.25) is 4.98 Å². The number of hydrogen-bond donors (Lipinski definition) is 0. The molecule has 2 rings (SSSR count). The second-order valence-corrected chi connectivity index (χ2v) is 3.62. The van der Waals surface area contributed by atoms with Gasteiger partial charge < -0.3 is 9.47 Å². The van der Waals surface area contributed by atoms with Crippen LogP contribution in [0.4, 0.5) is 0 Å². The largest absolute Gasteiger partial charge is 0.497 e. The Morgan fingerprint density at radius 3 is 3.06 bits per heavy atom. The van der Waals surface area contributed by atoms with Gasteiger partial charge in [-0.05, 0) is 30.2 Å². The number of rotatable bonds is 4. The average Bonchev–Trinajstić information content (AvgIpc) is 2.38. The van der Waals surface area contributed by atoms with Crippen LogP contribution < -0.4 is 0 Å². The first-order valence-electron chi connectivity index (χ1n) is 5.31. The molecule has 0 amide bonds. The van der Waals surface area contributed by atoms with E-state index in [9.17, 15) is 0 Å². The lowest BCUT2D eigenvalue weighted by molar-refractivity contribution is 0.0715. The molecule has 0 spiro atoms. The van der Waals surface area contributed by atoms with E-state index in [0.29, 0.717) is 6.61 Å². The van der Waals surface area contributed by atoms with Gasteiger partial charge >= 0.3 is 0 Å². The number of allylic oxidation sites excluding steroid dienone is 1. The molecule has 16 heavy (non-hydrogen) atoms. The summed E-state index contributed by atoms with van der Waals surface area (Å²) in [5.74, 6) is 0.904. The van der Waals surface area contributed by atoms with E-state index in [0.717, 1.165) is 17.7 Å². The normalized spacial score (nSPS) is 19.3. The molecule has 1 aliphatic rings. The molecule has 1 unspecified atom stereocenters. The van der Waals surface area contributed by atoms with Crippen molar-refractivity contribution in [2.45, 2.75) is 19.1 Å².